The van der Waals surface area contributed by atoms with Crippen LogP contribution in [-0.2, 0) is 0 Å². The summed E-state index contributed by atoms with van der Waals surface area (Å²) in [7, 11) is 1.77. The van der Waals surface area contributed by atoms with Gasteiger partial charge in [0.05, 0.1) is 12.6 Å². The van der Waals surface area contributed by atoms with Gasteiger partial charge in [-0.2, -0.15) is 0 Å². The third-order valence-corrected chi connectivity index (χ3v) is 2.25. The van der Waals surface area contributed by atoms with E-state index in [-0.39, 0.29) is 12.6 Å². The lowest BCUT2D eigenvalue weighted by molar-refractivity contribution is 0.251. The van der Waals surface area contributed by atoms with E-state index in [2.05, 4.69) is 5.32 Å². The zero-order chi connectivity index (χ0) is 9.84. The fraction of sp³-hybridized carbons (Fsp3) is 0.333. The zero-order valence-electron chi connectivity index (χ0n) is 7.22. The molecule has 72 valence electrons. The molecule has 0 spiro atoms. The molecule has 1 aromatic carbocycles. The Labute approximate surface area is 87.5 Å². The van der Waals surface area contributed by atoms with E-state index in [0.717, 1.165) is 5.56 Å². The number of benzene rings is 1. The summed E-state index contributed by atoms with van der Waals surface area (Å²) in [5, 5.41) is 13.1. The second-order valence-electron chi connectivity index (χ2n) is 2.73. The van der Waals surface area contributed by atoms with E-state index in [1.54, 1.807) is 25.2 Å². The Hall–Kier alpha value is -0.280. The Kier molecular flexibility index (Phi) is 4.00. The second kappa shape index (κ2) is 4.82. The van der Waals surface area contributed by atoms with E-state index in [1.807, 2.05) is 0 Å². The van der Waals surface area contributed by atoms with Crippen LogP contribution in [0, 0.1) is 0 Å². The highest BCUT2D eigenvalue weighted by Crippen LogP contribution is 2.23. The molecule has 0 radical (unpaired) electrons. The number of halogens is 2. The molecule has 0 amide bonds. The van der Waals surface area contributed by atoms with Gasteiger partial charge in [0.1, 0.15) is 0 Å². The first kappa shape index (κ1) is 10.8. The number of likely N-dealkylation sites (N-methyl/N-ethyl adjacent to an activating group) is 1. The minimum absolute atomic E-state index is 0.0210. The lowest BCUT2D eigenvalue weighted by Gasteiger charge is -2.13. The minimum Gasteiger partial charge on any atom is -0.394 e. The zero-order valence-corrected chi connectivity index (χ0v) is 8.73. The topological polar surface area (TPSA) is 32.3 Å². The minimum atomic E-state index is -0.115. The number of aliphatic hydroxyl groups excluding tert-OH is 1. The molecule has 0 saturated heterocycles. The van der Waals surface area contributed by atoms with E-state index in [0.29, 0.717) is 10.0 Å². The third kappa shape index (κ3) is 2.85. The first-order valence-corrected chi connectivity index (χ1v) is 4.67. The summed E-state index contributed by atoms with van der Waals surface area (Å²) < 4.78 is 0. The van der Waals surface area contributed by atoms with Crippen LogP contribution in [0.3, 0.4) is 0 Å². The summed E-state index contributed by atoms with van der Waals surface area (Å²) >= 11 is 11.6. The van der Waals surface area contributed by atoms with Gasteiger partial charge < -0.3 is 10.4 Å². The SMILES string of the molecule is CNC(CO)c1cc(Cl)cc(Cl)c1. The van der Waals surface area contributed by atoms with Crippen LogP contribution in [0.4, 0.5) is 0 Å². The third-order valence-electron chi connectivity index (χ3n) is 1.82. The standard InChI is InChI=1S/C9H11Cl2NO/c1-12-9(5-13)6-2-7(10)4-8(11)3-6/h2-4,9,12-13H,5H2,1H3. The molecule has 0 saturated carbocycles. The van der Waals surface area contributed by atoms with Gasteiger partial charge >= 0.3 is 0 Å². The van der Waals surface area contributed by atoms with Crippen molar-refractivity contribution >= 4 is 23.2 Å². The van der Waals surface area contributed by atoms with Crippen LogP contribution < -0.4 is 5.32 Å². The van der Waals surface area contributed by atoms with Crippen LogP contribution in [0.2, 0.25) is 10.0 Å². The second-order valence-corrected chi connectivity index (χ2v) is 3.60. The average Bonchev–Trinajstić information content (AvgIpc) is 2.04. The molecule has 1 atom stereocenters. The van der Waals surface area contributed by atoms with Crippen LogP contribution in [0.25, 0.3) is 0 Å². The molecule has 1 unspecified atom stereocenters. The van der Waals surface area contributed by atoms with Crippen LogP contribution >= 0.6 is 23.2 Å². The van der Waals surface area contributed by atoms with Gasteiger partial charge in [0.25, 0.3) is 0 Å². The lowest BCUT2D eigenvalue weighted by Crippen LogP contribution is -2.19. The number of aliphatic hydroxyl groups is 1. The molecule has 0 heterocycles. The number of rotatable bonds is 3. The Bertz CT molecular complexity index is 267. The van der Waals surface area contributed by atoms with Crippen molar-refractivity contribution in [3.05, 3.63) is 33.8 Å². The summed E-state index contributed by atoms with van der Waals surface area (Å²) in [6.45, 7) is 0.0210. The highest BCUT2D eigenvalue weighted by molar-refractivity contribution is 6.34. The number of hydrogen-bond acceptors (Lipinski definition) is 2. The molecule has 4 heteroatoms. The molecule has 0 aliphatic carbocycles. The highest BCUT2D eigenvalue weighted by atomic mass is 35.5. The summed E-state index contributed by atoms with van der Waals surface area (Å²) in [6.07, 6.45) is 0. The summed E-state index contributed by atoms with van der Waals surface area (Å²) in [4.78, 5) is 0. The van der Waals surface area contributed by atoms with E-state index in [4.69, 9.17) is 28.3 Å². The van der Waals surface area contributed by atoms with Crippen LogP contribution in [0.1, 0.15) is 11.6 Å². The molecular weight excluding hydrogens is 209 g/mol. The van der Waals surface area contributed by atoms with Gasteiger partial charge in [-0.15, -0.1) is 0 Å². The predicted molar refractivity (Wildman–Crippen MR) is 55.3 cm³/mol. The van der Waals surface area contributed by atoms with E-state index < -0.39 is 0 Å². The van der Waals surface area contributed by atoms with Crippen molar-refractivity contribution in [3.8, 4) is 0 Å². The highest BCUT2D eigenvalue weighted by Gasteiger charge is 2.08. The molecule has 0 aliphatic heterocycles. The molecule has 0 aliphatic rings. The van der Waals surface area contributed by atoms with Crippen molar-refractivity contribution in [3.63, 3.8) is 0 Å². The molecule has 2 N–H and O–H groups in total. The summed E-state index contributed by atoms with van der Waals surface area (Å²) in [6, 6.07) is 5.11. The lowest BCUT2D eigenvalue weighted by atomic mass is 10.1. The largest absolute Gasteiger partial charge is 0.394 e. The predicted octanol–water partition coefficient (Wildman–Crippen LogP) is 2.25. The molecule has 2 nitrogen and oxygen atoms in total. The molecule has 1 rings (SSSR count). The van der Waals surface area contributed by atoms with Gasteiger partial charge in [0.15, 0.2) is 0 Å². The van der Waals surface area contributed by atoms with Crippen molar-refractivity contribution in [1.29, 1.82) is 0 Å². The van der Waals surface area contributed by atoms with Crippen LogP contribution in [0.5, 0.6) is 0 Å². The van der Waals surface area contributed by atoms with E-state index >= 15 is 0 Å². The van der Waals surface area contributed by atoms with Crippen molar-refractivity contribution in [2.75, 3.05) is 13.7 Å². The Morgan fingerprint density at radius 2 is 1.85 bits per heavy atom. The van der Waals surface area contributed by atoms with Crippen molar-refractivity contribution < 1.29 is 5.11 Å². The van der Waals surface area contributed by atoms with Gasteiger partial charge in [0, 0.05) is 10.0 Å². The Morgan fingerprint density at radius 3 is 2.23 bits per heavy atom. The number of nitrogens with one attached hydrogen (secondary N) is 1. The monoisotopic (exact) mass is 219 g/mol. The van der Waals surface area contributed by atoms with E-state index in [9.17, 15) is 0 Å². The first-order chi connectivity index (χ1) is 6.17. The number of hydrogen-bond donors (Lipinski definition) is 2. The maximum atomic E-state index is 9.01. The maximum absolute atomic E-state index is 9.01. The van der Waals surface area contributed by atoms with Gasteiger partial charge in [-0.3, -0.25) is 0 Å². The fourth-order valence-electron chi connectivity index (χ4n) is 1.14. The molecule has 0 bridgehead atoms. The molecule has 0 fully saturated rings. The van der Waals surface area contributed by atoms with Crippen molar-refractivity contribution in [2.24, 2.45) is 0 Å². The van der Waals surface area contributed by atoms with E-state index in [1.165, 1.54) is 0 Å². The van der Waals surface area contributed by atoms with Gasteiger partial charge in [0.2, 0.25) is 0 Å². The molecule has 13 heavy (non-hydrogen) atoms. The van der Waals surface area contributed by atoms with Crippen molar-refractivity contribution in [2.45, 2.75) is 6.04 Å². The molecule has 0 aromatic heterocycles. The van der Waals surface area contributed by atoms with Crippen LogP contribution in [-0.4, -0.2) is 18.8 Å². The fourth-order valence-corrected chi connectivity index (χ4v) is 1.68. The van der Waals surface area contributed by atoms with Gasteiger partial charge in [-0.25, -0.2) is 0 Å². The first-order valence-electron chi connectivity index (χ1n) is 3.91. The van der Waals surface area contributed by atoms with Gasteiger partial charge in [-0.1, -0.05) is 23.2 Å². The Balaban J connectivity index is 2.99. The smallest absolute Gasteiger partial charge is 0.0626 e. The Morgan fingerprint density at radius 1 is 1.31 bits per heavy atom. The summed E-state index contributed by atoms with van der Waals surface area (Å²) in [5.74, 6) is 0. The summed E-state index contributed by atoms with van der Waals surface area (Å²) in [5.41, 5.74) is 0.891. The van der Waals surface area contributed by atoms with Gasteiger partial charge in [-0.05, 0) is 30.8 Å². The quantitative estimate of drug-likeness (QED) is 0.818. The average molecular weight is 220 g/mol. The maximum Gasteiger partial charge on any atom is 0.0626 e. The normalized spacial score (nSPS) is 12.9. The van der Waals surface area contributed by atoms with Crippen molar-refractivity contribution in [1.82, 2.24) is 5.32 Å². The molecular formula is C9H11Cl2NO. The molecule has 1 aromatic rings. The van der Waals surface area contributed by atoms with Crippen LogP contribution in [0.15, 0.2) is 18.2 Å².